The number of carbonyl (C=O) groups excluding carboxylic acids is 1. The smallest absolute Gasteiger partial charge is 0.326 e. The van der Waals surface area contributed by atoms with Crippen molar-refractivity contribution in [3.63, 3.8) is 0 Å². The van der Waals surface area contributed by atoms with Crippen LogP contribution >= 0.6 is 0 Å². The first-order valence-corrected chi connectivity index (χ1v) is 7.11. The molecule has 0 aromatic rings. The molecule has 0 aromatic heterocycles. The minimum Gasteiger partial charge on any atom is -0.480 e. The summed E-state index contributed by atoms with van der Waals surface area (Å²) in [5.41, 5.74) is 0. The van der Waals surface area contributed by atoms with Crippen molar-refractivity contribution in [2.24, 2.45) is 11.8 Å². The van der Waals surface area contributed by atoms with E-state index in [-0.39, 0.29) is 18.0 Å². The molecule has 2 amide bonds. The van der Waals surface area contributed by atoms with Gasteiger partial charge in [-0.3, -0.25) is 0 Å². The number of nitrogens with zero attached hydrogens (tertiary/aromatic N) is 1. The quantitative estimate of drug-likeness (QED) is 0.823. The molecule has 1 aliphatic rings. The zero-order valence-electron chi connectivity index (χ0n) is 12.3. The van der Waals surface area contributed by atoms with E-state index in [1.807, 2.05) is 20.8 Å². The fourth-order valence-corrected chi connectivity index (χ4v) is 2.63. The van der Waals surface area contributed by atoms with E-state index in [1.165, 1.54) is 0 Å². The normalized spacial score (nSPS) is 25.2. The van der Waals surface area contributed by atoms with Crippen molar-refractivity contribution in [3.05, 3.63) is 0 Å². The first-order valence-electron chi connectivity index (χ1n) is 7.11. The number of hydrogen-bond acceptors (Lipinski definition) is 2. The molecule has 1 heterocycles. The van der Waals surface area contributed by atoms with Crippen molar-refractivity contribution in [2.45, 2.75) is 59.0 Å². The molecule has 5 heteroatoms. The van der Waals surface area contributed by atoms with E-state index in [2.05, 4.69) is 12.2 Å². The molecule has 0 radical (unpaired) electrons. The molecule has 0 aliphatic carbocycles. The van der Waals surface area contributed by atoms with Crippen LogP contribution in [-0.2, 0) is 4.79 Å². The fraction of sp³-hybridized carbons (Fsp3) is 0.857. The number of nitrogens with one attached hydrogen (secondary N) is 1. The van der Waals surface area contributed by atoms with Gasteiger partial charge in [-0.1, -0.05) is 20.8 Å². The summed E-state index contributed by atoms with van der Waals surface area (Å²) in [5, 5.41) is 11.8. The maximum atomic E-state index is 12.2. The van der Waals surface area contributed by atoms with Gasteiger partial charge in [-0.05, 0) is 38.0 Å². The third kappa shape index (κ3) is 4.73. The second-order valence-corrected chi connectivity index (χ2v) is 6.14. The highest BCUT2D eigenvalue weighted by Gasteiger charge is 2.29. The average Bonchev–Trinajstić information content (AvgIpc) is 2.26. The molecule has 19 heavy (non-hydrogen) atoms. The molecule has 2 N–H and O–H groups in total. The molecule has 0 bridgehead atoms. The topological polar surface area (TPSA) is 69.6 Å². The SMILES string of the molecule is CC(C)C[C@@H](NC(=O)N1CCC(C)CC1C)C(=O)O. The molecule has 0 saturated carbocycles. The number of likely N-dealkylation sites (tertiary alicyclic amines) is 1. The van der Waals surface area contributed by atoms with Gasteiger partial charge in [0.15, 0.2) is 0 Å². The maximum absolute atomic E-state index is 12.2. The molecular weight excluding hydrogens is 244 g/mol. The van der Waals surface area contributed by atoms with E-state index in [0.29, 0.717) is 18.9 Å². The third-order valence-electron chi connectivity index (χ3n) is 3.70. The molecule has 1 fully saturated rings. The Labute approximate surface area is 115 Å². The Balaban J connectivity index is 2.59. The van der Waals surface area contributed by atoms with E-state index in [9.17, 15) is 9.59 Å². The summed E-state index contributed by atoms with van der Waals surface area (Å²) in [6, 6.07) is -0.858. The minimum absolute atomic E-state index is 0.178. The highest BCUT2D eigenvalue weighted by atomic mass is 16.4. The van der Waals surface area contributed by atoms with Crippen molar-refractivity contribution < 1.29 is 14.7 Å². The predicted octanol–water partition coefficient (Wildman–Crippen LogP) is 2.32. The summed E-state index contributed by atoms with van der Waals surface area (Å²) >= 11 is 0. The first kappa shape index (κ1) is 15.8. The summed E-state index contributed by atoms with van der Waals surface area (Å²) in [5.74, 6) is -0.0923. The number of amides is 2. The summed E-state index contributed by atoms with van der Waals surface area (Å²) in [7, 11) is 0. The Hall–Kier alpha value is -1.26. The average molecular weight is 270 g/mol. The Morgan fingerprint density at radius 2 is 2.00 bits per heavy atom. The van der Waals surface area contributed by atoms with Crippen molar-refractivity contribution in [2.75, 3.05) is 6.54 Å². The van der Waals surface area contributed by atoms with Crippen LogP contribution in [0.1, 0.15) is 47.0 Å². The van der Waals surface area contributed by atoms with Gasteiger partial charge in [0.05, 0.1) is 0 Å². The lowest BCUT2D eigenvalue weighted by Gasteiger charge is -2.37. The number of hydrogen-bond donors (Lipinski definition) is 2. The molecule has 3 atom stereocenters. The molecule has 110 valence electrons. The van der Waals surface area contributed by atoms with Crippen LogP contribution in [0.3, 0.4) is 0 Å². The summed E-state index contributed by atoms with van der Waals surface area (Å²) in [4.78, 5) is 25.1. The molecule has 0 spiro atoms. The zero-order chi connectivity index (χ0) is 14.6. The zero-order valence-corrected chi connectivity index (χ0v) is 12.3. The van der Waals surface area contributed by atoms with Crippen LogP contribution in [0.25, 0.3) is 0 Å². The molecule has 1 aliphatic heterocycles. The highest BCUT2D eigenvalue weighted by molar-refractivity contribution is 5.82. The van der Waals surface area contributed by atoms with E-state index >= 15 is 0 Å². The summed E-state index contributed by atoms with van der Waals surface area (Å²) < 4.78 is 0. The fourth-order valence-electron chi connectivity index (χ4n) is 2.63. The van der Waals surface area contributed by atoms with Gasteiger partial charge in [-0.25, -0.2) is 9.59 Å². The number of rotatable bonds is 4. The predicted molar refractivity (Wildman–Crippen MR) is 74.0 cm³/mol. The molecular formula is C14H26N2O3. The van der Waals surface area contributed by atoms with E-state index in [0.717, 1.165) is 12.8 Å². The van der Waals surface area contributed by atoms with Crippen LogP contribution in [0.5, 0.6) is 0 Å². The number of carboxylic acids is 1. The standard InChI is InChI=1S/C14H26N2O3/c1-9(2)7-12(13(17)18)15-14(19)16-6-5-10(3)8-11(16)4/h9-12H,5-8H2,1-4H3,(H,15,19)(H,17,18)/t10?,11?,12-/m1/s1. The highest BCUT2D eigenvalue weighted by Crippen LogP contribution is 2.22. The largest absolute Gasteiger partial charge is 0.480 e. The van der Waals surface area contributed by atoms with Gasteiger partial charge in [0.25, 0.3) is 0 Å². The second-order valence-electron chi connectivity index (χ2n) is 6.14. The van der Waals surface area contributed by atoms with Crippen molar-refractivity contribution in [1.82, 2.24) is 10.2 Å². The van der Waals surface area contributed by atoms with Crippen LogP contribution in [-0.4, -0.2) is 40.6 Å². The lowest BCUT2D eigenvalue weighted by molar-refractivity contribution is -0.139. The Morgan fingerprint density at radius 1 is 1.37 bits per heavy atom. The van der Waals surface area contributed by atoms with Crippen LogP contribution in [0, 0.1) is 11.8 Å². The van der Waals surface area contributed by atoms with Crippen molar-refractivity contribution in [1.29, 1.82) is 0 Å². The number of aliphatic carboxylic acids is 1. The van der Waals surface area contributed by atoms with Crippen molar-refractivity contribution >= 4 is 12.0 Å². The number of carboxylic acid groups (broad SMARTS) is 1. The molecule has 0 aromatic carbocycles. The van der Waals surface area contributed by atoms with Crippen LogP contribution < -0.4 is 5.32 Å². The number of carbonyl (C=O) groups is 2. The third-order valence-corrected chi connectivity index (χ3v) is 3.70. The van der Waals surface area contributed by atoms with E-state index in [1.54, 1.807) is 4.90 Å². The maximum Gasteiger partial charge on any atom is 0.326 e. The summed E-state index contributed by atoms with van der Waals surface area (Å²) in [6.45, 7) is 8.82. The lowest BCUT2D eigenvalue weighted by atomic mass is 9.94. The number of piperidine rings is 1. The Kier molecular flexibility index (Phi) is 5.63. The van der Waals surface area contributed by atoms with Gasteiger partial charge < -0.3 is 15.3 Å². The van der Waals surface area contributed by atoms with Crippen molar-refractivity contribution in [3.8, 4) is 0 Å². The summed E-state index contributed by atoms with van der Waals surface area (Å²) in [6.07, 6.45) is 2.43. The van der Waals surface area contributed by atoms with Gasteiger partial charge in [0.1, 0.15) is 6.04 Å². The lowest BCUT2D eigenvalue weighted by Crippen LogP contribution is -2.53. The monoisotopic (exact) mass is 270 g/mol. The second kappa shape index (κ2) is 6.78. The van der Waals surface area contributed by atoms with E-state index < -0.39 is 12.0 Å². The van der Waals surface area contributed by atoms with Gasteiger partial charge in [-0.15, -0.1) is 0 Å². The molecule has 5 nitrogen and oxygen atoms in total. The molecule has 1 rings (SSSR count). The number of urea groups is 1. The van der Waals surface area contributed by atoms with Gasteiger partial charge in [0.2, 0.25) is 0 Å². The Bertz CT molecular complexity index is 331. The molecule has 2 unspecified atom stereocenters. The van der Waals surface area contributed by atoms with E-state index in [4.69, 9.17) is 5.11 Å². The van der Waals surface area contributed by atoms with Gasteiger partial charge in [0, 0.05) is 12.6 Å². The Morgan fingerprint density at radius 3 is 2.47 bits per heavy atom. The van der Waals surface area contributed by atoms with Gasteiger partial charge in [-0.2, -0.15) is 0 Å². The van der Waals surface area contributed by atoms with Crippen LogP contribution in [0.4, 0.5) is 4.79 Å². The van der Waals surface area contributed by atoms with Crippen LogP contribution in [0.2, 0.25) is 0 Å². The van der Waals surface area contributed by atoms with Gasteiger partial charge >= 0.3 is 12.0 Å². The first-order chi connectivity index (χ1) is 8.81. The van der Waals surface area contributed by atoms with Crippen LogP contribution in [0.15, 0.2) is 0 Å². The minimum atomic E-state index is -0.958. The molecule has 1 saturated heterocycles.